The number of ether oxygens (including phenoxy) is 2. The van der Waals surface area contributed by atoms with Crippen molar-refractivity contribution in [1.29, 1.82) is 0 Å². The first-order chi connectivity index (χ1) is 10.1. The number of carbonyl (C=O) groups excluding carboxylic acids is 1. The lowest BCUT2D eigenvalue weighted by Crippen LogP contribution is -2.42. The van der Waals surface area contributed by atoms with Gasteiger partial charge in [-0.1, -0.05) is 25.1 Å². The number of hydrogen-bond acceptors (Lipinski definition) is 4. The Balaban J connectivity index is 2.49. The Labute approximate surface area is 124 Å². The van der Waals surface area contributed by atoms with Gasteiger partial charge in [0.05, 0.1) is 12.5 Å². The monoisotopic (exact) mass is 295 g/mol. The summed E-state index contributed by atoms with van der Waals surface area (Å²) in [6.45, 7) is 1.98. The van der Waals surface area contributed by atoms with E-state index in [1.54, 1.807) is 12.1 Å². The maximum atomic E-state index is 12.0. The van der Waals surface area contributed by atoms with Gasteiger partial charge in [-0.3, -0.25) is 9.59 Å². The van der Waals surface area contributed by atoms with Crippen molar-refractivity contribution in [2.45, 2.75) is 32.0 Å². The molecule has 1 aromatic carbocycles. The van der Waals surface area contributed by atoms with E-state index in [2.05, 4.69) is 5.32 Å². The van der Waals surface area contributed by atoms with Crippen molar-refractivity contribution in [2.24, 2.45) is 0 Å². The predicted molar refractivity (Wildman–Crippen MR) is 77.2 cm³/mol. The lowest BCUT2D eigenvalue weighted by molar-refractivity contribution is -0.140. The zero-order chi connectivity index (χ0) is 15.7. The van der Waals surface area contributed by atoms with E-state index in [0.29, 0.717) is 12.2 Å². The average Bonchev–Trinajstić information content (AvgIpc) is 2.49. The summed E-state index contributed by atoms with van der Waals surface area (Å²) in [6.07, 6.45) is -0.819. The number of carbonyl (C=O) groups is 2. The molecule has 0 saturated carbocycles. The van der Waals surface area contributed by atoms with Crippen molar-refractivity contribution in [3.05, 3.63) is 30.3 Å². The van der Waals surface area contributed by atoms with Crippen LogP contribution < -0.4 is 10.1 Å². The molecule has 1 amide bonds. The largest absolute Gasteiger partial charge is 0.481 e. The zero-order valence-electron chi connectivity index (χ0n) is 12.2. The van der Waals surface area contributed by atoms with E-state index in [4.69, 9.17) is 14.6 Å². The van der Waals surface area contributed by atoms with Crippen molar-refractivity contribution in [3.8, 4) is 5.75 Å². The molecule has 116 valence electrons. The summed E-state index contributed by atoms with van der Waals surface area (Å²) in [5.41, 5.74) is 0. The highest BCUT2D eigenvalue weighted by molar-refractivity contribution is 5.81. The number of benzene rings is 1. The third-order valence-corrected chi connectivity index (χ3v) is 2.92. The maximum Gasteiger partial charge on any atom is 0.306 e. The van der Waals surface area contributed by atoms with Gasteiger partial charge in [0.1, 0.15) is 5.75 Å². The van der Waals surface area contributed by atoms with Gasteiger partial charge < -0.3 is 19.9 Å². The van der Waals surface area contributed by atoms with Crippen LogP contribution in [0.1, 0.15) is 19.8 Å². The van der Waals surface area contributed by atoms with Crippen LogP contribution in [0.25, 0.3) is 0 Å². The van der Waals surface area contributed by atoms with Crippen LogP contribution in [0, 0.1) is 0 Å². The summed E-state index contributed by atoms with van der Waals surface area (Å²) < 4.78 is 10.6. The standard InChI is InChI=1S/C15H21NO5/c1-3-13(21-11-7-5-4-6-8-11)15(19)16-10-12(20-2)9-14(17)18/h4-8,12-13H,3,9-10H2,1-2H3,(H,16,19)(H,17,18). The number of methoxy groups -OCH3 is 1. The van der Waals surface area contributed by atoms with Crippen LogP contribution in [0.5, 0.6) is 5.75 Å². The third kappa shape index (κ3) is 6.27. The molecule has 0 radical (unpaired) electrons. The molecule has 21 heavy (non-hydrogen) atoms. The first-order valence-electron chi connectivity index (χ1n) is 6.80. The van der Waals surface area contributed by atoms with E-state index in [9.17, 15) is 9.59 Å². The van der Waals surface area contributed by atoms with Gasteiger partial charge in [0.25, 0.3) is 5.91 Å². The highest BCUT2D eigenvalue weighted by atomic mass is 16.5. The predicted octanol–water partition coefficient (Wildman–Crippen LogP) is 1.45. The molecule has 0 aliphatic carbocycles. The number of rotatable bonds is 9. The van der Waals surface area contributed by atoms with Crippen molar-refractivity contribution < 1.29 is 24.2 Å². The summed E-state index contributed by atoms with van der Waals surface area (Å²) in [7, 11) is 1.41. The van der Waals surface area contributed by atoms with E-state index in [0.717, 1.165) is 0 Å². The smallest absolute Gasteiger partial charge is 0.306 e. The minimum atomic E-state index is -0.969. The second kappa shape index (κ2) is 8.97. The van der Waals surface area contributed by atoms with Crippen molar-refractivity contribution in [2.75, 3.05) is 13.7 Å². The van der Waals surface area contributed by atoms with E-state index in [-0.39, 0.29) is 18.9 Å². The molecule has 0 bridgehead atoms. The molecule has 6 nitrogen and oxygen atoms in total. The third-order valence-electron chi connectivity index (χ3n) is 2.92. The van der Waals surface area contributed by atoms with Gasteiger partial charge in [-0.2, -0.15) is 0 Å². The average molecular weight is 295 g/mol. The molecule has 0 fully saturated rings. The van der Waals surface area contributed by atoms with Gasteiger partial charge in [0.15, 0.2) is 6.10 Å². The number of hydrogen-bond donors (Lipinski definition) is 2. The summed E-state index contributed by atoms with van der Waals surface area (Å²) in [5, 5.41) is 11.4. The molecule has 0 aromatic heterocycles. The number of para-hydroxylation sites is 1. The minimum Gasteiger partial charge on any atom is -0.481 e. The molecule has 0 aliphatic rings. The van der Waals surface area contributed by atoms with E-state index in [1.807, 2.05) is 25.1 Å². The fraction of sp³-hybridized carbons (Fsp3) is 0.467. The first-order valence-corrected chi connectivity index (χ1v) is 6.80. The summed E-state index contributed by atoms with van der Waals surface area (Å²) in [6, 6.07) is 9.07. The molecule has 6 heteroatoms. The molecular weight excluding hydrogens is 274 g/mol. The SMILES string of the molecule is CCC(Oc1ccccc1)C(=O)NCC(CC(=O)O)OC. The summed E-state index contributed by atoms with van der Waals surface area (Å²) in [4.78, 5) is 22.7. The van der Waals surface area contributed by atoms with Crippen LogP contribution in [-0.2, 0) is 14.3 Å². The van der Waals surface area contributed by atoms with E-state index < -0.39 is 18.2 Å². The Hall–Kier alpha value is -2.08. The van der Waals surface area contributed by atoms with E-state index in [1.165, 1.54) is 7.11 Å². The molecule has 1 rings (SSSR count). The number of carboxylic acids is 1. The van der Waals surface area contributed by atoms with Gasteiger partial charge in [-0.15, -0.1) is 0 Å². The normalized spacial score (nSPS) is 13.2. The molecule has 0 aliphatic heterocycles. The van der Waals surface area contributed by atoms with Gasteiger partial charge >= 0.3 is 5.97 Å². The Kier molecular flexibility index (Phi) is 7.25. The van der Waals surface area contributed by atoms with Crippen LogP contribution in [0.4, 0.5) is 0 Å². The second-order valence-corrected chi connectivity index (χ2v) is 4.53. The van der Waals surface area contributed by atoms with Crippen molar-refractivity contribution in [3.63, 3.8) is 0 Å². The molecule has 2 atom stereocenters. The zero-order valence-corrected chi connectivity index (χ0v) is 12.2. The molecule has 0 saturated heterocycles. The van der Waals surface area contributed by atoms with Crippen LogP contribution in [0.2, 0.25) is 0 Å². The Morgan fingerprint density at radius 3 is 2.48 bits per heavy atom. The molecule has 0 heterocycles. The Bertz CT molecular complexity index is 449. The van der Waals surface area contributed by atoms with E-state index >= 15 is 0 Å². The quantitative estimate of drug-likeness (QED) is 0.720. The maximum absolute atomic E-state index is 12.0. The lowest BCUT2D eigenvalue weighted by Gasteiger charge is -2.19. The van der Waals surface area contributed by atoms with Crippen LogP contribution >= 0.6 is 0 Å². The van der Waals surface area contributed by atoms with Crippen LogP contribution in [-0.4, -0.2) is 42.8 Å². The van der Waals surface area contributed by atoms with Crippen LogP contribution in [0.15, 0.2) is 30.3 Å². The first kappa shape index (κ1) is 17.0. The highest BCUT2D eigenvalue weighted by Crippen LogP contribution is 2.12. The lowest BCUT2D eigenvalue weighted by atomic mass is 10.2. The van der Waals surface area contributed by atoms with Gasteiger partial charge in [-0.25, -0.2) is 0 Å². The molecule has 2 N–H and O–H groups in total. The van der Waals surface area contributed by atoms with Crippen LogP contribution in [0.3, 0.4) is 0 Å². The number of amides is 1. The topological polar surface area (TPSA) is 84.9 Å². The summed E-state index contributed by atoms with van der Waals surface area (Å²) >= 11 is 0. The minimum absolute atomic E-state index is 0.135. The molecular formula is C15H21NO5. The van der Waals surface area contributed by atoms with Crippen molar-refractivity contribution >= 4 is 11.9 Å². The molecule has 0 spiro atoms. The fourth-order valence-electron chi connectivity index (χ4n) is 1.75. The number of carboxylic acid groups (broad SMARTS) is 1. The highest BCUT2D eigenvalue weighted by Gasteiger charge is 2.20. The fourth-order valence-corrected chi connectivity index (χ4v) is 1.75. The van der Waals surface area contributed by atoms with Gasteiger partial charge in [-0.05, 0) is 18.6 Å². The molecule has 2 unspecified atom stereocenters. The number of aliphatic carboxylic acids is 1. The second-order valence-electron chi connectivity index (χ2n) is 4.53. The summed E-state index contributed by atoms with van der Waals surface area (Å²) in [5.74, 6) is -0.634. The van der Waals surface area contributed by atoms with Crippen molar-refractivity contribution in [1.82, 2.24) is 5.32 Å². The Morgan fingerprint density at radius 1 is 1.29 bits per heavy atom. The Morgan fingerprint density at radius 2 is 1.95 bits per heavy atom. The van der Waals surface area contributed by atoms with Gasteiger partial charge in [0, 0.05) is 13.7 Å². The molecule has 1 aromatic rings. The number of nitrogens with one attached hydrogen (secondary N) is 1. The van der Waals surface area contributed by atoms with Gasteiger partial charge in [0.2, 0.25) is 0 Å².